The van der Waals surface area contributed by atoms with Crippen molar-refractivity contribution in [2.24, 2.45) is 5.84 Å². The van der Waals surface area contributed by atoms with Crippen molar-refractivity contribution in [3.8, 4) is 40.1 Å². The molecule has 272 valence electrons. The number of benzene rings is 2. The number of para-hydroxylation sites is 1. The summed E-state index contributed by atoms with van der Waals surface area (Å²) in [4.78, 5) is 35.6. The van der Waals surface area contributed by atoms with E-state index in [0.717, 1.165) is 21.3 Å². The van der Waals surface area contributed by atoms with Crippen molar-refractivity contribution >= 4 is 39.5 Å². The zero-order valence-corrected chi connectivity index (χ0v) is 26.3. The Hall–Kier alpha value is -5.95. The molecule has 2 aromatic heterocycles. The van der Waals surface area contributed by atoms with Crippen LogP contribution in [0.2, 0.25) is 0 Å². The molecule has 0 aliphatic carbocycles. The molecule has 12 nitrogen and oxygen atoms in total. The van der Waals surface area contributed by atoms with Gasteiger partial charge in [0, 0.05) is 28.0 Å². The molecule has 51 heavy (non-hydrogen) atoms. The van der Waals surface area contributed by atoms with Gasteiger partial charge in [-0.05, 0) is 64.5 Å². The Morgan fingerprint density at radius 2 is 1.20 bits per heavy atom. The highest BCUT2D eigenvalue weighted by molar-refractivity contribution is 9.10. The number of anilines is 1. The number of carboxylic acid groups (broad SMARTS) is 3. The Bertz CT molecular complexity index is 1780. The maximum absolute atomic E-state index is 10.6. The van der Waals surface area contributed by atoms with Gasteiger partial charge in [-0.3, -0.25) is 10.8 Å². The fourth-order valence-corrected chi connectivity index (χ4v) is 3.35. The minimum Gasteiger partial charge on any atom is -0.475 e. The highest BCUT2D eigenvalue weighted by Crippen LogP contribution is 2.33. The van der Waals surface area contributed by atoms with Crippen molar-refractivity contribution < 1.29 is 74.0 Å². The molecule has 0 atom stereocenters. The Morgan fingerprint density at radius 1 is 0.745 bits per heavy atom. The number of hydrogen-bond acceptors (Lipinski definition) is 9. The molecule has 0 aliphatic heterocycles. The first-order chi connectivity index (χ1) is 23.5. The monoisotopic (exact) mass is 799 g/mol. The normalized spacial score (nSPS) is 10.7. The number of carbonyl (C=O) groups is 3. The molecular formula is C29H19BrF9N5O7. The van der Waals surface area contributed by atoms with Gasteiger partial charge < -0.3 is 25.5 Å². The fraction of sp³-hybridized carbons (Fsp3) is 0.103. The van der Waals surface area contributed by atoms with E-state index in [0.29, 0.717) is 28.4 Å². The number of nitrogens with zero attached hydrogens (tertiary/aromatic N) is 3. The maximum atomic E-state index is 10.6. The van der Waals surface area contributed by atoms with E-state index in [4.69, 9.17) is 45.3 Å². The zero-order chi connectivity index (χ0) is 39.2. The Labute approximate surface area is 287 Å². The van der Waals surface area contributed by atoms with Crippen LogP contribution < -0.4 is 16.0 Å². The summed E-state index contributed by atoms with van der Waals surface area (Å²) in [5.41, 5.74) is 6.20. The van der Waals surface area contributed by atoms with Crippen molar-refractivity contribution in [3.05, 3.63) is 89.2 Å². The number of nitriles is 1. The number of hydrogen-bond donors (Lipinski definition) is 5. The zero-order valence-electron chi connectivity index (χ0n) is 24.7. The second-order valence-corrected chi connectivity index (χ2v) is 9.69. The third kappa shape index (κ3) is 15.0. The summed E-state index contributed by atoms with van der Waals surface area (Å²) in [5, 5.41) is 31.1. The molecular weight excluding hydrogens is 781 g/mol. The minimum atomic E-state index is -5.08. The second kappa shape index (κ2) is 18.7. The summed E-state index contributed by atoms with van der Waals surface area (Å²) in [5.74, 6) is -1.15. The van der Waals surface area contributed by atoms with Crippen LogP contribution in [0.25, 0.3) is 22.5 Å². The number of nitrogens with one attached hydrogen (secondary N) is 1. The minimum absolute atomic E-state index is 0.362. The topological polar surface area (TPSA) is 209 Å². The first-order valence-corrected chi connectivity index (χ1v) is 13.6. The third-order valence-corrected chi connectivity index (χ3v) is 5.56. The highest BCUT2D eigenvalue weighted by atomic mass is 79.9. The van der Waals surface area contributed by atoms with E-state index < -0.39 is 36.4 Å². The van der Waals surface area contributed by atoms with Crippen molar-refractivity contribution in [2.45, 2.75) is 18.5 Å². The third-order valence-electron chi connectivity index (χ3n) is 5.12. The largest absolute Gasteiger partial charge is 0.490 e. The van der Waals surface area contributed by atoms with Crippen LogP contribution >= 0.6 is 15.9 Å². The number of rotatable bonds is 5. The van der Waals surface area contributed by atoms with E-state index >= 15 is 0 Å². The van der Waals surface area contributed by atoms with Crippen LogP contribution in [-0.2, 0) is 14.4 Å². The van der Waals surface area contributed by atoms with E-state index in [-0.39, 0.29) is 0 Å². The summed E-state index contributed by atoms with van der Waals surface area (Å²) >= 11 is 3.42. The number of nitrogen functional groups attached to an aromatic ring is 1. The summed E-state index contributed by atoms with van der Waals surface area (Å²) in [7, 11) is 0. The number of nitrogens with two attached hydrogens (primary N) is 1. The Balaban J connectivity index is 0.000000505. The van der Waals surface area contributed by atoms with Crippen molar-refractivity contribution in [1.82, 2.24) is 9.97 Å². The summed E-state index contributed by atoms with van der Waals surface area (Å²) in [6.07, 6.45) is -11.8. The van der Waals surface area contributed by atoms with E-state index in [9.17, 15) is 44.8 Å². The quantitative estimate of drug-likeness (QED) is 0.0759. The van der Waals surface area contributed by atoms with E-state index in [1.165, 1.54) is 0 Å². The van der Waals surface area contributed by atoms with Gasteiger partial charge in [-0.1, -0.05) is 18.2 Å². The van der Waals surface area contributed by atoms with Crippen molar-refractivity contribution in [1.29, 1.82) is 5.26 Å². The number of aliphatic carboxylic acids is 3. The number of carboxylic acids is 3. The second-order valence-electron chi connectivity index (χ2n) is 8.77. The Kier molecular flexibility index (Phi) is 15.8. The van der Waals surface area contributed by atoms with Gasteiger partial charge in [-0.15, -0.1) is 0 Å². The fourth-order valence-electron chi connectivity index (χ4n) is 2.99. The lowest BCUT2D eigenvalue weighted by Crippen LogP contribution is -2.21. The molecule has 22 heteroatoms. The van der Waals surface area contributed by atoms with Crippen molar-refractivity contribution in [3.63, 3.8) is 0 Å². The van der Waals surface area contributed by atoms with Crippen molar-refractivity contribution in [2.75, 3.05) is 5.43 Å². The predicted molar refractivity (Wildman–Crippen MR) is 161 cm³/mol. The van der Waals surface area contributed by atoms with Crippen LogP contribution in [0.15, 0.2) is 83.6 Å². The van der Waals surface area contributed by atoms with Gasteiger partial charge in [0.25, 0.3) is 0 Å². The molecule has 0 bridgehead atoms. The molecule has 6 N–H and O–H groups in total. The number of hydrazine groups is 1. The Morgan fingerprint density at radius 3 is 1.59 bits per heavy atom. The molecule has 4 rings (SSSR count). The molecule has 0 radical (unpaired) electrons. The maximum Gasteiger partial charge on any atom is 0.490 e. The molecule has 0 amide bonds. The van der Waals surface area contributed by atoms with Gasteiger partial charge in [0.1, 0.15) is 23.1 Å². The summed E-state index contributed by atoms with van der Waals surface area (Å²) < 4.78 is 102. The van der Waals surface area contributed by atoms with Crippen LogP contribution in [0.1, 0.15) is 5.56 Å². The van der Waals surface area contributed by atoms with Crippen LogP contribution in [-0.4, -0.2) is 61.7 Å². The van der Waals surface area contributed by atoms with Gasteiger partial charge in [-0.2, -0.15) is 44.8 Å². The van der Waals surface area contributed by atoms with Crippen LogP contribution in [0.3, 0.4) is 0 Å². The number of halogens is 10. The molecule has 0 spiro atoms. The lowest BCUT2D eigenvalue weighted by atomic mass is 10.0. The number of alkyl halides is 9. The molecule has 0 aliphatic rings. The lowest BCUT2D eigenvalue weighted by Gasteiger charge is -2.13. The van der Waals surface area contributed by atoms with E-state index in [2.05, 4.69) is 32.4 Å². The lowest BCUT2D eigenvalue weighted by molar-refractivity contribution is -0.193. The summed E-state index contributed by atoms with van der Waals surface area (Å²) in [6.45, 7) is 0. The van der Waals surface area contributed by atoms with Gasteiger partial charge >= 0.3 is 36.4 Å². The molecule has 0 fully saturated rings. The number of ether oxygens (including phenoxy) is 1. The number of aromatic nitrogens is 2. The molecule has 2 aromatic carbocycles. The van der Waals surface area contributed by atoms with Crippen LogP contribution in [0, 0.1) is 11.3 Å². The van der Waals surface area contributed by atoms with E-state index in [1.54, 1.807) is 18.5 Å². The first kappa shape index (κ1) is 43.1. The smallest absolute Gasteiger partial charge is 0.475 e. The molecule has 4 aromatic rings. The van der Waals surface area contributed by atoms with Gasteiger partial charge in [0.15, 0.2) is 0 Å². The standard InChI is InChI=1S/C23H16BrN5O.3C2HF3O2/c24-17-10-16(13-27-14-17)21-11-22(29-26)20(12-25)23(28-21)15-6-8-19(9-7-15)30-18-4-2-1-3-5-18;3*3-2(4,5)1(6)7/h1-11,13-14H,26H2,(H,28,29);3*(H,6,7). The summed E-state index contributed by atoms with van der Waals surface area (Å²) in [6, 6.07) is 22.8. The van der Waals surface area contributed by atoms with Crippen LogP contribution in [0.4, 0.5) is 45.2 Å². The predicted octanol–water partition coefficient (Wildman–Crippen LogP) is 7.42. The molecule has 0 unspecified atom stereocenters. The highest BCUT2D eigenvalue weighted by Gasteiger charge is 2.39. The van der Waals surface area contributed by atoms with Gasteiger partial charge in [-0.25, -0.2) is 19.4 Å². The van der Waals surface area contributed by atoms with Gasteiger partial charge in [0.2, 0.25) is 0 Å². The average molecular weight is 800 g/mol. The SMILES string of the molecule is N#Cc1c(NN)cc(-c2cncc(Br)c2)nc1-c1ccc(Oc2ccccc2)cc1.O=C(O)C(F)(F)F.O=C(O)C(F)(F)F.O=C(O)C(F)(F)F. The molecule has 0 saturated carbocycles. The first-order valence-electron chi connectivity index (χ1n) is 12.8. The van der Waals surface area contributed by atoms with Crippen LogP contribution in [0.5, 0.6) is 11.5 Å². The number of pyridine rings is 2. The average Bonchev–Trinajstić information content (AvgIpc) is 3.04. The van der Waals surface area contributed by atoms with Gasteiger partial charge in [0.05, 0.1) is 17.1 Å². The molecule has 0 saturated heterocycles. The van der Waals surface area contributed by atoms with E-state index in [1.807, 2.05) is 60.7 Å². The molecule has 2 heterocycles.